The van der Waals surface area contributed by atoms with Gasteiger partial charge in [-0.25, -0.2) is 12.8 Å². The number of aromatic nitrogens is 1. The maximum absolute atomic E-state index is 13.3. The molecule has 1 aromatic heterocycles. The molecule has 1 aliphatic rings. The minimum atomic E-state index is -3.39. The van der Waals surface area contributed by atoms with E-state index >= 15 is 0 Å². The van der Waals surface area contributed by atoms with Gasteiger partial charge in [0.1, 0.15) is 5.82 Å². The standard InChI is InChI=1S/C19H27FN4O3S/c1-4-24(28(25,26)15(2)3)9-5-8-22-10-12-23(13-11-22)19-17-7-6-16(20)14-18(17)27-21-19/h6-7,14H,2,4-5,8-13H2,1,3H3. The van der Waals surface area contributed by atoms with Crippen LogP contribution >= 0.6 is 0 Å². The summed E-state index contributed by atoms with van der Waals surface area (Å²) in [6.07, 6.45) is 0.770. The van der Waals surface area contributed by atoms with Crippen molar-refractivity contribution in [2.75, 3.05) is 50.7 Å². The highest BCUT2D eigenvalue weighted by atomic mass is 32.2. The van der Waals surface area contributed by atoms with E-state index in [1.54, 1.807) is 6.07 Å². The van der Waals surface area contributed by atoms with Crippen LogP contribution in [-0.2, 0) is 10.0 Å². The Morgan fingerprint density at radius 3 is 2.68 bits per heavy atom. The fourth-order valence-corrected chi connectivity index (χ4v) is 4.60. The van der Waals surface area contributed by atoms with Gasteiger partial charge >= 0.3 is 0 Å². The molecular formula is C19H27FN4O3S. The predicted octanol–water partition coefficient (Wildman–Crippen LogP) is 2.66. The summed E-state index contributed by atoms with van der Waals surface area (Å²) in [4.78, 5) is 4.65. The zero-order valence-corrected chi connectivity index (χ0v) is 17.2. The molecule has 28 heavy (non-hydrogen) atoms. The van der Waals surface area contributed by atoms with E-state index in [4.69, 9.17) is 4.52 Å². The summed E-state index contributed by atoms with van der Waals surface area (Å²) in [7, 11) is -3.39. The van der Waals surface area contributed by atoms with Crippen molar-refractivity contribution in [1.82, 2.24) is 14.4 Å². The Morgan fingerprint density at radius 2 is 2.04 bits per heavy atom. The third kappa shape index (κ3) is 4.37. The van der Waals surface area contributed by atoms with Crippen molar-refractivity contribution in [3.63, 3.8) is 0 Å². The van der Waals surface area contributed by atoms with Gasteiger partial charge in [-0.1, -0.05) is 18.7 Å². The van der Waals surface area contributed by atoms with Crippen LogP contribution in [0.1, 0.15) is 20.3 Å². The van der Waals surface area contributed by atoms with Crippen molar-refractivity contribution in [2.24, 2.45) is 0 Å². The van der Waals surface area contributed by atoms with Crippen LogP contribution < -0.4 is 4.90 Å². The first-order valence-corrected chi connectivity index (χ1v) is 10.9. The Morgan fingerprint density at radius 1 is 1.32 bits per heavy atom. The second kappa shape index (κ2) is 8.59. The Hall–Kier alpha value is -1.97. The van der Waals surface area contributed by atoms with Crippen molar-refractivity contribution in [2.45, 2.75) is 20.3 Å². The Balaban J connectivity index is 1.51. The first-order chi connectivity index (χ1) is 13.3. The van der Waals surface area contributed by atoms with Crippen molar-refractivity contribution in [3.05, 3.63) is 35.5 Å². The Labute approximate surface area is 165 Å². The molecule has 0 aliphatic carbocycles. The summed E-state index contributed by atoms with van der Waals surface area (Å²) in [5.74, 6) is 0.411. The van der Waals surface area contributed by atoms with Gasteiger partial charge in [-0.15, -0.1) is 0 Å². The normalized spacial score (nSPS) is 16.2. The SMILES string of the molecule is C=C(C)S(=O)(=O)N(CC)CCCN1CCN(c2noc3cc(F)ccc23)CC1. The lowest BCUT2D eigenvalue weighted by atomic mass is 10.2. The Kier molecular flexibility index (Phi) is 6.36. The van der Waals surface area contributed by atoms with E-state index in [2.05, 4.69) is 21.5 Å². The number of halogens is 1. The fraction of sp³-hybridized carbons (Fsp3) is 0.526. The van der Waals surface area contributed by atoms with Gasteiger partial charge in [0.15, 0.2) is 11.4 Å². The van der Waals surface area contributed by atoms with E-state index in [1.807, 2.05) is 6.92 Å². The largest absolute Gasteiger partial charge is 0.354 e. The maximum atomic E-state index is 13.3. The van der Waals surface area contributed by atoms with Crippen LogP contribution in [0.15, 0.2) is 34.2 Å². The molecule has 0 radical (unpaired) electrons. The molecule has 0 N–H and O–H groups in total. The second-order valence-corrected chi connectivity index (χ2v) is 9.19. The third-order valence-electron chi connectivity index (χ3n) is 5.10. The van der Waals surface area contributed by atoms with E-state index in [1.165, 1.54) is 23.4 Å². The van der Waals surface area contributed by atoms with E-state index in [0.717, 1.165) is 50.3 Å². The highest BCUT2D eigenvalue weighted by molar-refractivity contribution is 7.92. The molecule has 0 saturated carbocycles. The molecule has 0 unspecified atom stereocenters. The van der Waals surface area contributed by atoms with Gasteiger partial charge in [0.25, 0.3) is 0 Å². The molecule has 0 spiro atoms. The van der Waals surface area contributed by atoms with Gasteiger partial charge in [-0.05, 0) is 32.0 Å². The van der Waals surface area contributed by atoms with E-state index < -0.39 is 10.0 Å². The maximum Gasteiger partial charge on any atom is 0.238 e. The molecule has 0 atom stereocenters. The monoisotopic (exact) mass is 410 g/mol. The van der Waals surface area contributed by atoms with Gasteiger partial charge < -0.3 is 9.42 Å². The summed E-state index contributed by atoms with van der Waals surface area (Å²) < 4.78 is 44.5. The molecule has 2 heterocycles. The summed E-state index contributed by atoms with van der Waals surface area (Å²) in [6, 6.07) is 4.46. The van der Waals surface area contributed by atoms with Crippen molar-refractivity contribution in [3.8, 4) is 0 Å². The lowest BCUT2D eigenvalue weighted by Gasteiger charge is -2.35. The molecular weight excluding hydrogens is 383 g/mol. The highest BCUT2D eigenvalue weighted by Crippen LogP contribution is 2.27. The zero-order valence-electron chi connectivity index (χ0n) is 16.4. The lowest BCUT2D eigenvalue weighted by Crippen LogP contribution is -2.47. The van der Waals surface area contributed by atoms with Crippen LogP contribution in [0.25, 0.3) is 11.0 Å². The molecule has 7 nitrogen and oxygen atoms in total. The summed E-state index contributed by atoms with van der Waals surface area (Å²) >= 11 is 0. The number of benzene rings is 1. The number of sulfonamides is 1. The zero-order chi connectivity index (χ0) is 20.3. The molecule has 1 saturated heterocycles. The van der Waals surface area contributed by atoms with Crippen LogP contribution in [-0.4, -0.2) is 68.6 Å². The number of rotatable bonds is 8. The van der Waals surface area contributed by atoms with Gasteiger partial charge in [0.05, 0.1) is 5.39 Å². The van der Waals surface area contributed by atoms with E-state index in [-0.39, 0.29) is 10.7 Å². The second-order valence-electron chi connectivity index (χ2n) is 7.03. The van der Waals surface area contributed by atoms with Crippen LogP contribution in [0.5, 0.6) is 0 Å². The van der Waals surface area contributed by atoms with Crippen molar-refractivity contribution in [1.29, 1.82) is 0 Å². The van der Waals surface area contributed by atoms with Crippen LogP contribution in [0, 0.1) is 5.82 Å². The molecule has 0 amide bonds. The van der Waals surface area contributed by atoms with Crippen molar-refractivity contribution >= 4 is 26.8 Å². The molecule has 9 heteroatoms. The number of anilines is 1. The average molecular weight is 411 g/mol. The lowest BCUT2D eigenvalue weighted by molar-refractivity contribution is 0.245. The number of allylic oxidation sites excluding steroid dienone is 1. The summed E-state index contributed by atoms with van der Waals surface area (Å²) in [5.41, 5.74) is 0.454. The number of piperazine rings is 1. The summed E-state index contributed by atoms with van der Waals surface area (Å²) in [6.45, 7) is 12.0. The Bertz CT molecular complexity index is 936. The van der Waals surface area contributed by atoms with E-state index in [9.17, 15) is 12.8 Å². The summed E-state index contributed by atoms with van der Waals surface area (Å²) in [5, 5.41) is 4.93. The molecule has 154 valence electrons. The molecule has 3 rings (SSSR count). The quantitative estimate of drug-likeness (QED) is 0.666. The minimum absolute atomic E-state index is 0.183. The smallest absolute Gasteiger partial charge is 0.238 e. The molecule has 2 aromatic rings. The first-order valence-electron chi connectivity index (χ1n) is 9.51. The topological polar surface area (TPSA) is 69.9 Å². The first kappa shape index (κ1) is 20.8. The number of nitrogens with zero attached hydrogens (tertiary/aromatic N) is 4. The number of hydrogen-bond donors (Lipinski definition) is 0. The molecule has 1 fully saturated rings. The van der Waals surface area contributed by atoms with Gasteiger partial charge in [0.2, 0.25) is 10.0 Å². The van der Waals surface area contributed by atoms with Crippen LogP contribution in [0.4, 0.5) is 10.2 Å². The highest BCUT2D eigenvalue weighted by Gasteiger charge is 2.23. The van der Waals surface area contributed by atoms with Gasteiger partial charge in [0, 0.05) is 50.2 Å². The van der Waals surface area contributed by atoms with E-state index in [0.29, 0.717) is 18.7 Å². The van der Waals surface area contributed by atoms with Crippen molar-refractivity contribution < 1.29 is 17.3 Å². The van der Waals surface area contributed by atoms with Crippen LogP contribution in [0.3, 0.4) is 0 Å². The molecule has 1 aliphatic heterocycles. The predicted molar refractivity (Wildman–Crippen MR) is 108 cm³/mol. The van der Waals surface area contributed by atoms with Gasteiger partial charge in [-0.3, -0.25) is 4.90 Å². The third-order valence-corrected chi connectivity index (χ3v) is 7.10. The van der Waals surface area contributed by atoms with Crippen LogP contribution in [0.2, 0.25) is 0 Å². The molecule has 1 aromatic carbocycles. The average Bonchev–Trinajstić information content (AvgIpc) is 3.08. The number of fused-ring (bicyclic) bond motifs is 1. The minimum Gasteiger partial charge on any atom is -0.354 e. The molecule has 0 bridgehead atoms. The fourth-order valence-electron chi connectivity index (χ4n) is 3.45. The van der Waals surface area contributed by atoms with Gasteiger partial charge in [-0.2, -0.15) is 4.31 Å². The number of hydrogen-bond acceptors (Lipinski definition) is 6.